The van der Waals surface area contributed by atoms with Gasteiger partial charge in [0.15, 0.2) is 0 Å². The summed E-state index contributed by atoms with van der Waals surface area (Å²) in [5.41, 5.74) is 4.68. The zero-order valence-electron chi connectivity index (χ0n) is 10.8. The van der Waals surface area contributed by atoms with Gasteiger partial charge in [-0.1, -0.05) is 18.2 Å². The van der Waals surface area contributed by atoms with Crippen molar-refractivity contribution in [3.8, 4) is 0 Å². The Morgan fingerprint density at radius 2 is 2.06 bits per heavy atom. The largest absolute Gasteiger partial charge is 0.344 e. The predicted molar refractivity (Wildman–Crippen MR) is 75.1 cm³/mol. The lowest BCUT2D eigenvalue weighted by Gasteiger charge is -2.26. The van der Waals surface area contributed by atoms with E-state index in [1.807, 2.05) is 0 Å². The molecule has 0 saturated carbocycles. The molecule has 18 heavy (non-hydrogen) atoms. The smallest absolute Gasteiger partial charge is 0.0515 e. The number of nitrogens with one attached hydrogen (secondary N) is 1. The second-order valence-corrected chi connectivity index (χ2v) is 5.70. The van der Waals surface area contributed by atoms with Gasteiger partial charge in [0.1, 0.15) is 0 Å². The van der Waals surface area contributed by atoms with Crippen LogP contribution < -0.4 is 5.32 Å². The molecule has 4 rings (SSSR count). The Kier molecular flexibility index (Phi) is 2.44. The Hall–Kier alpha value is -1.28. The molecule has 2 heteroatoms. The Labute approximate surface area is 108 Å². The molecule has 0 amide bonds. The van der Waals surface area contributed by atoms with E-state index in [2.05, 4.69) is 34.1 Å². The highest BCUT2D eigenvalue weighted by molar-refractivity contribution is 5.85. The number of benzene rings is 1. The molecule has 1 fully saturated rings. The van der Waals surface area contributed by atoms with Gasteiger partial charge in [0, 0.05) is 23.5 Å². The second kappa shape index (κ2) is 4.13. The summed E-state index contributed by atoms with van der Waals surface area (Å²) < 4.78 is 2.62. The maximum atomic E-state index is 3.47. The molecule has 1 aromatic heterocycles. The van der Waals surface area contributed by atoms with Crippen molar-refractivity contribution < 1.29 is 0 Å². The van der Waals surface area contributed by atoms with Gasteiger partial charge in [0.05, 0.1) is 5.52 Å². The molecule has 0 atom stereocenters. The average Bonchev–Trinajstić information content (AvgIpc) is 2.82. The van der Waals surface area contributed by atoms with Crippen molar-refractivity contribution in [1.82, 2.24) is 9.88 Å². The standard InChI is InChI=1S/C16H20N2/c1-3-13-5-2-10-18-15(11-14(4-1)16(13)18)12-6-8-17-9-7-12/h1,3-4,11-12,17H,2,5-10H2. The van der Waals surface area contributed by atoms with Gasteiger partial charge in [-0.2, -0.15) is 0 Å². The lowest BCUT2D eigenvalue weighted by atomic mass is 9.94. The van der Waals surface area contributed by atoms with Crippen LogP contribution in [-0.2, 0) is 13.0 Å². The Bertz CT molecular complexity index is 576. The molecule has 0 unspecified atom stereocenters. The van der Waals surface area contributed by atoms with Crippen molar-refractivity contribution in [3.63, 3.8) is 0 Å². The topological polar surface area (TPSA) is 17.0 Å². The quantitative estimate of drug-likeness (QED) is 0.810. The minimum Gasteiger partial charge on any atom is -0.344 e. The van der Waals surface area contributed by atoms with Crippen LogP contribution in [0.25, 0.3) is 10.9 Å². The van der Waals surface area contributed by atoms with Crippen molar-refractivity contribution in [2.45, 2.75) is 38.1 Å². The molecule has 94 valence electrons. The number of hydrogen-bond acceptors (Lipinski definition) is 1. The molecule has 1 saturated heterocycles. The maximum Gasteiger partial charge on any atom is 0.0515 e. The van der Waals surface area contributed by atoms with E-state index < -0.39 is 0 Å². The summed E-state index contributed by atoms with van der Waals surface area (Å²) in [5.74, 6) is 0.768. The van der Waals surface area contributed by atoms with E-state index in [1.165, 1.54) is 56.2 Å². The lowest BCUT2D eigenvalue weighted by Crippen LogP contribution is -2.28. The van der Waals surface area contributed by atoms with Crippen LogP contribution in [0, 0.1) is 0 Å². The summed E-state index contributed by atoms with van der Waals surface area (Å²) in [5, 5.41) is 4.93. The highest BCUT2D eigenvalue weighted by Gasteiger charge is 2.23. The predicted octanol–water partition coefficient (Wildman–Crippen LogP) is 3.05. The van der Waals surface area contributed by atoms with E-state index in [-0.39, 0.29) is 0 Å². The number of hydrogen-bond donors (Lipinski definition) is 1. The molecule has 0 radical (unpaired) electrons. The van der Waals surface area contributed by atoms with Crippen LogP contribution in [0.2, 0.25) is 0 Å². The molecule has 0 bridgehead atoms. The minimum atomic E-state index is 0.768. The first-order valence-electron chi connectivity index (χ1n) is 7.25. The monoisotopic (exact) mass is 240 g/mol. The SMILES string of the molecule is c1cc2c3c(c1)cc(C1CCNCC1)n3CCC2. The van der Waals surface area contributed by atoms with Gasteiger partial charge in [0.25, 0.3) is 0 Å². The van der Waals surface area contributed by atoms with Gasteiger partial charge in [-0.3, -0.25) is 0 Å². The molecule has 2 aromatic rings. The first-order chi connectivity index (χ1) is 8.93. The van der Waals surface area contributed by atoms with Crippen molar-refractivity contribution in [2.75, 3.05) is 13.1 Å². The summed E-state index contributed by atoms with van der Waals surface area (Å²) in [6.45, 7) is 3.58. The fourth-order valence-corrected chi connectivity index (χ4v) is 3.75. The van der Waals surface area contributed by atoms with Crippen LogP contribution in [0.5, 0.6) is 0 Å². The van der Waals surface area contributed by atoms with E-state index in [0.29, 0.717) is 0 Å². The number of para-hydroxylation sites is 1. The van der Waals surface area contributed by atoms with E-state index in [4.69, 9.17) is 0 Å². The third-order valence-corrected chi connectivity index (χ3v) is 4.62. The lowest BCUT2D eigenvalue weighted by molar-refractivity contribution is 0.437. The summed E-state index contributed by atoms with van der Waals surface area (Å²) in [7, 11) is 0. The third kappa shape index (κ3) is 1.52. The zero-order valence-corrected chi connectivity index (χ0v) is 10.8. The van der Waals surface area contributed by atoms with E-state index >= 15 is 0 Å². The molecule has 1 aromatic carbocycles. The summed E-state index contributed by atoms with van der Waals surface area (Å²) in [4.78, 5) is 0. The summed E-state index contributed by atoms with van der Waals surface area (Å²) in [6, 6.07) is 9.27. The van der Waals surface area contributed by atoms with E-state index in [1.54, 1.807) is 11.3 Å². The molecular weight excluding hydrogens is 220 g/mol. The van der Waals surface area contributed by atoms with E-state index in [0.717, 1.165) is 5.92 Å². The van der Waals surface area contributed by atoms with Gasteiger partial charge in [0.2, 0.25) is 0 Å². The normalized spacial score (nSPS) is 20.4. The molecule has 2 nitrogen and oxygen atoms in total. The fourth-order valence-electron chi connectivity index (χ4n) is 3.75. The van der Waals surface area contributed by atoms with Crippen molar-refractivity contribution >= 4 is 10.9 Å². The molecule has 1 N–H and O–H groups in total. The Morgan fingerprint density at radius 1 is 1.17 bits per heavy atom. The fraction of sp³-hybridized carbons (Fsp3) is 0.500. The highest BCUT2D eigenvalue weighted by Crippen LogP contribution is 2.34. The number of aryl methyl sites for hydroxylation is 2. The maximum absolute atomic E-state index is 3.47. The number of piperidine rings is 1. The number of aromatic nitrogens is 1. The van der Waals surface area contributed by atoms with Crippen LogP contribution >= 0.6 is 0 Å². The Balaban J connectivity index is 1.88. The third-order valence-electron chi connectivity index (χ3n) is 4.62. The van der Waals surface area contributed by atoms with Crippen molar-refractivity contribution in [3.05, 3.63) is 35.5 Å². The first-order valence-corrected chi connectivity index (χ1v) is 7.25. The highest BCUT2D eigenvalue weighted by atomic mass is 15.0. The molecule has 0 spiro atoms. The first kappa shape index (κ1) is 10.6. The van der Waals surface area contributed by atoms with Crippen LogP contribution in [0.3, 0.4) is 0 Å². The van der Waals surface area contributed by atoms with Gasteiger partial charge in [-0.15, -0.1) is 0 Å². The minimum absolute atomic E-state index is 0.768. The molecule has 0 aliphatic carbocycles. The van der Waals surface area contributed by atoms with Gasteiger partial charge >= 0.3 is 0 Å². The Morgan fingerprint density at radius 3 is 2.94 bits per heavy atom. The molecule has 2 aliphatic heterocycles. The zero-order chi connectivity index (χ0) is 11.9. The van der Waals surface area contributed by atoms with Crippen LogP contribution in [-0.4, -0.2) is 17.7 Å². The molecular formula is C16H20N2. The van der Waals surface area contributed by atoms with Gasteiger partial charge in [-0.05, 0) is 50.4 Å². The van der Waals surface area contributed by atoms with Crippen molar-refractivity contribution in [1.29, 1.82) is 0 Å². The summed E-state index contributed by atoms with van der Waals surface area (Å²) >= 11 is 0. The summed E-state index contributed by atoms with van der Waals surface area (Å²) in [6.07, 6.45) is 5.16. The number of rotatable bonds is 1. The molecule has 2 aliphatic rings. The van der Waals surface area contributed by atoms with Crippen LogP contribution in [0.1, 0.15) is 36.4 Å². The van der Waals surface area contributed by atoms with Crippen molar-refractivity contribution in [2.24, 2.45) is 0 Å². The van der Waals surface area contributed by atoms with Crippen LogP contribution in [0.15, 0.2) is 24.3 Å². The van der Waals surface area contributed by atoms with E-state index in [9.17, 15) is 0 Å². The van der Waals surface area contributed by atoms with Crippen LogP contribution in [0.4, 0.5) is 0 Å². The average molecular weight is 240 g/mol. The second-order valence-electron chi connectivity index (χ2n) is 5.70. The van der Waals surface area contributed by atoms with Gasteiger partial charge in [-0.25, -0.2) is 0 Å². The number of nitrogens with zero attached hydrogens (tertiary/aromatic N) is 1. The van der Waals surface area contributed by atoms with Gasteiger partial charge < -0.3 is 9.88 Å². The molecule has 3 heterocycles.